The number of rotatable bonds is 8. The van der Waals surface area contributed by atoms with Crippen molar-refractivity contribution in [2.45, 2.75) is 13.3 Å². The van der Waals surface area contributed by atoms with Crippen molar-refractivity contribution in [2.24, 2.45) is 5.10 Å². The minimum absolute atomic E-state index is 0.0526. The molecule has 0 bridgehead atoms. The Bertz CT molecular complexity index is 718. The van der Waals surface area contributed by atoms with Crippen LogP contribution in [-0.4, -0.2) is 48.6 Å². The van der Waals surface area contributed by atoms with E-state index in [-0.39, 0.29) is 36.7 Å². The number of hydrazone groups is 1. The molecule has 11 heteroatoms. The number of nitrogens with zero attached hydrogens (tertiary/aromatic N) is 2. The van der Waals surface area contributed by atoms with Crippen LogP contribution >= 0.6 is 0 Å². The number of benzene rings is 1. The lowest BCUT2D eigenvalue weighted by molar-refractivity contribution is -0.383. The highest BCUT2D eigenvalue weighted by molar-refractivity contribution is 6.35. The molecule has 3 N–H and O–H groups in total. The third kappa shape index (κ3) is 7.05. The van der Waals surface area contributed by atoms with Crippen LogP contribution in [0.15, 0.2) is 29.4 Å². The average Bonchev–Trinajstić information content (AvgIpc) is 2.59. The Labute approximate surface area is 148 Å². The molecule has 0 heterocycles. The summed E-state index contributed by atoms with van der Waals surface area (Å²) >= 11 is 0. The summed E-state index contributed by atoms with van der Waals surface area (Å²) in [6.07, 6.45) is -0.225. The van der Waals surface area contributed by atoms with Crippen LogP contribution < -0.4 is 16.1 Å². The third-order valence-corrected chi connectivity index (χ3v) is 2.94. The van der Waals surface area contributed by atoms with Crippen molar-refractivity contribution in [1.29, 1.82) is 0 Å². The molecule has 0 spiro atoms. The van der Waals surface area contributed by atoms with Crippen LogP contribution in [0.2, 0.25) is 0 Å². The van der Waals surface area contributed by atoms with Gasteiger partial charge in [-0.15, -0.1) is 0 Å². The summed E-state index contributed by atoms with van der Waals surface area (Å²) in [7, 11) is 1.45. The fraction of sp³-hybridized carbons (Fsp3) is 0.333. The van der Waals surface area contributed by atoms with Crippen molar-refractivity contribution in [1.82, 2.24) is 10.7 Å². The van der Waals surface area contributed by atoms with Crippen LogP contribution in [0.5, 0.6) is 0 Å². The zero-order valence-corrected chi connectivity index (χ0v) is 14.3. The van der Waals surface area contributed by atoms with E-state index in [4.69, 9.17) is 4.74 Å². The van der Waals surface area contributed by atoms with Gasteiger partial charge in [0.1, 0.15) is 5.69 Å². The number of nitro groups is 1. The molecule has 1 rings (SSSR count). The van der Waals surface area contributed by atoms with Crippen molar-refractivity contribution in [3.8, 4) is 0 Å². The standard InChI is InChI=1S/C15H19N5O6/c1-10(18-19-15(23)14(22)16-7-8-26-2)9-13(21)17-11-5-3-4-6-12(11)20(24)25/h3-6H,7-9H2,1-2H3,(H,16,22)(H,17,21)(H,19,23)/b18-10-. The molecule has 0 unspecified atom stereocenters. The number of methoxy groups -OCH3 is 1. The number of ether oxygens (including phenoxy) is 1. The molecule has 0 fully saturated rings. The van der Waals surface area contributed by atoms with Crippen LogP contribution in [0, 0.1) is 10.1 Å². The Kier molecular flexibility index (Phi) is 8.37. The second kappa shape index (κ2) is 10.5. The van der Waals surface area contributed by atoms with Gasteiger partial charge in [0.25, 0.3) is 5.69 Å². The third-order valence-electron chi connectivity index (χ3n) is 2.94. The first kappa shape index (κ1) is 20.7. The van der Waals surface area contributed by atoms with E-state index in [9.17, 15) is 24.5 Å². The summed E-state index contributed by atoms with van der Waals surface area (Å²) < 4.78 is 4.73. The Balaban J connectivity index is 2.54. The number of carbonyl (C=O) groups is 3. The molecule has 0 saturated carbocycles. The lowest BCUT2D eigenvalue weighted by Gasteiger charge is -2.06. The fourth-order valence-corrected chi connectivity index (χ4v) is 1.75. The minimum Gasteiger partial charge on any atom is -0.383 e. The molecule has 0 aromatic heterocycles. The summed E-state index contributed by atoms with van der Waals surface area (Å²) in [6, 6.07) is 5.69. The maximum atomic E-state index is 11.9. The van der Waals surface area contributed by atoms with Gasteiger partial charge in [-0.3, -0.25) is 24.5 Å². The largest absolute Gasteiger partial charge is 0.383 e. The first-order chi connectivity index (χ1) is 12.3. The van der Waals surface area contributed by atoms with Gasteiger partial charge in [0.2, 0.25) is 5.91 Å². The summed E-state index contributed by atoms with van der Waals surface area (Å²) in [5.74, 6) is -2.43. The Morgan fingerprint density at radius 3 is 2.58 bits per heavy atom. The van der Waals surface area contributed by atoms with Crippen molar-refractivity contribution < 1.29 is 24.0 Å². The second-order valence-corrected chi connectivity index (χ2v) is 5.04. The first-order valence-corrected chi connectivity index (χ1v) is 7.48. The number of carbonyl (C=O) groups excluding carboxylic acids is 3. The summed E-state index contributed by atoms with van der Waals surface area (Å²) in [4.78, 5) is 45.1. The fourth-order valence-electron chi connectivity index (χ4n) is 1.75. The van der Waals surface area contributed by atoms with Crippen LogP contribution in [0.25, 0.3) is 0 Å². The number of hydrogen-bond acceptors (Lipinski definition) is 7. The molecule has 0 aliphatic heterocycles. The number of nitrogens with one attached hydrogen (secondary N) is 3. The Hall–Kier alpha value is -3.34. The monoisotopic (exact) mass is 365 g/mol. The van der Waals surface area contributed by atoms with Gasteiger partial charge in [-0.25, -0.2) is 5.43 Å². The lowest BCUT2D eigenvalue weighted by Crippen LogP contribution is -2.39. The normalized spacial score (nSPS) is 10.8. The maximum Gasteiger partial charge on any atom is 0.329 e. The van der Waals surface area contributed by atoms with Gasteiger partial charge in [0.15, 0.2) is 0 Å². The molecular formula is C15H19N5O6. The summed E-state index contributed by atoms with van der Waals surface area (Å²) in [5, 5.41) is 19.3. The van der Waals surface area contributed by atoms with Gasteiger partial charge in [-0.05, 0) is 13.0 Å². The van der Waals surface area contributed by atoms with Gasteiger partial charge in [0.05, 0.1) is 18.0 Å². The van der Waals surface area contributed by atoms with Crippen LogP contribution in [-0.2, 0) is 19.1 Å². The highest BCUT2D eigenvalue weighted by Gasteiger charge is 2.16. The van der Waals surface area contributed by atoms with Gasteiger partial charge in [0, 0.05) is 25.4 Å². The number of amides is 3. The molecule has 1 aromatic carbocycles. The average molecular weight is 365 g/mol. The van der Waals surface area contributed by atoms with E-state index in [1.807, 2.05) is 5.43 Å². The Morgan fingerprint density at radius 2 is 1.92 bits per heavy atom. The smallest absolute Gasteiger partial charge is 0.329 e. The molecule has 140 valence electrons. The Morgan fingerprint density at radius 1 is 1.23 bits per heavy atom. The van der Waals surface area contributed by atoms with Crippen molar-refractivity contribution in [2.75, 3.05) is 25.6 Å². The van der Waals surface area contributed by atoms with E-state index < -0.39 is 22.6 Å². The van der Waals surface area contributed by atoms with Crippen LogP contribution in [0.4, 0.5) is 11.4 Å². The van der Waals surface area contributed by atoms with E-state index in [2.05, 4.69) is 15.7 Å². The van der Waals surface area contributed by atoms with E-state index in [0.717, 1.165) is 0 Å². The van der Waals surface area contributed by atoms with Crippen LogP contribution in [0.3, 0.4) is 0 Å². The summed E-state index contributed by atoms with van der Waals surface area (Å²) in [5.41, 5.74) is 2.04. The zero-order chi connectivity index (χ0) is 19.5. The van der Waals surface area contributed by atoms with Gasteiger partial charge >= 0.3 is 11.8 Å². The number of nitro benzene ring substituents is 1. The highest BCUT2D eigenvalue weighted by Crippen LogP contribution is 2.23. The molecular weight excluding hydrogens is 346 g/mol. The molecule has 0 aliphatic carbocycles. The predicted octanol–water partition coefficient (Wildman–Crippen LogP) is 0.178. The lowest BCUT2D eigenvalue weighted by atomic mass is 10.2. The zero-order valence-electron chi connectivity index (χ0n) is 14.3. The minimum atomic E-state index is -0.987. The number of hydrogen-bond donors (Lipinski definition) is 3. The topological polar surface area (TPSA) is 152 Å². The molecule has 0 atom stereocenters. The van der Waals surface area contributed by atoms with E-state index in [1.165, 1.54) is 32.2 Å². The van der Waals surface area contributed by atoms with Gasteiger partial charge in [-0.1, -0.05) is 12.1 Å². The number of anilines is 1. The van der Waals surface area contributed by atoms with Crippen molar-refractivity contribution in [3.05, 3.63) is 34.4 Å². The predicted molar refractivity (Wildman–Crippen MR) is 92.5 cm³/mol. The second-order valence-electron chi connectivity index (χ2n) is 5.04. The molecule has 3 amide bonds. The molecule has 0 radical (unpaired) electrons. The van der Waals surface area contributed by atoms with Gasteiger partial charge < -0.3 is 15.4 Å². The van der Waals surface area contributed by atoms with E-state index >= 15 is 0 Å². The maximum absolute atomic E-state index is 11.9. The SMILES string of the molecule is COCCNC(=O)C(=O)N/N=C(/C)CC(=O)Nc1ccccc1[N+](=O)[O-]. The van der Waals surface area contributed by atoms with Gasteiger partial charge in [-0.2, -0.15) is 5.10 Å². The molecule has 0 aliphatic rings. The van der Waals surface area contributed by atoms with Crippen LogP contribution in [0.1, 0.15) is 13.3 Å². The molecule has 26 heavy (non-hydrogen) atoms. The molecule has 0 saturated heterocycles. The van der Waals surface area contributed by atoms with E-state index in [0.29, 0.717) is 0 Å². The highest BCUT2D eigenvalue weighted by atomic mass is 16.6. The quantitative estimate of drug-likeness (QED) is 0.196. The van der Waals surface area contributed by atoms with E-state index in [1.54, 1.807) is 6.07 Å². The first-order valence-electron chi connectivity index (χ1n) is 7.48. The van der Waals surface area contributed by atoms with Crippen molar-refractivity contribution >= 4 is 34.8 Å². The summed E-state index contributed by atoms with van der Waals surface area (Å²) in [6.45, 7) is 1.89. The molecule has 11 nitrogen and oxygen atoms in total. The number of para-hydroxylation sites is 2. The van der Waals surface area contributed by atoms with Crippen molar-refractivity contribution in [3.63, 3.8) is 0 Å². The molecule has 1 aromatic rings.